The molecule has 1 aromatic carbocycles. The summed E-state index contributed by atoms with van der Waals surface area (Å²) in [5, 5.41) is 0. The van der Waals surface area contributed by atoms with Gasteiger partial charge in [0.1, 0.15) is 0 Å². The lowest BCUT2D eigenvalue weighted by atomic mass is 10.1. The van der Waals surface area contributed by atoms with Gasteiger partial charge in [0, 0.05) is 44.0 Å². The summed E-state index contributed by atoms with van der Waals surface area (Å²) >= 11 is 0. The SMILES string of the molecule is CC(C)N1CCN(c2ccc([C@H](C)N)cc2)CC1. The van der Waals surface area contributed by atoms with Crippen LogP contribution in [0.1, 0.15) is 32.4 Å². The second-order valence-electron chi connectivity index (χ2n) is 5.50. The van der Waals surface area contributed by atoms with E-state index in [2.05, 4.69) is 47.9 Å². The number of piperazine rings is 1. The molecule has 0 saturated carbocycles. The third kappa shape index (κ3) is 3.03. The molecule has 0 radical (unpaired) electrons. The van der Waals surface area contributed by atoms with Gasteiger partial charge in [0.15, 0.2) is 0 Å². The molecule has 1 atom stereocenters. The van der Waals surface area contributed by atoms with E-state index in [0.29, 0.717) is 6.04 Å². The van der Waals surface area contributed by atoms with Gasteiger partial charge in [-0.2, -0.15) is 0 Å². The van der Waals surface area contributed by atoms with Gasteiger partial charge in [-0.05, 0) is 38.5 Å². The van der Waals surface area contributed by atoms with E-state index in [1.165, 1.54) is 11.3 Å². The summed E-state index contributed by atoms with van der Waals surface area (Å²) in [6, 6.07) is 9.47. The summed E-state index contributed by atoms with van der Waals surface area (Å²) in [5.41, 5.74) is 8.40. The molecule has 0 unspecified atom stereocenters. The molecule has 1 heterocycles. The van der Waals surface area contributed by atoms with Crippen LogP contribution in [0.25, 0.3) is 0 Å². The normalized spacial score (nSPS) is 19.3. The van der Waals surface area contributed by atoms with E-state index in [-0.39, 0.29) is 6.04 Å². The van der Waals surface area contributed by atoms with Crippen molar-refractivity contribution >= 4 is 5.69 Å². The quantitative estimate of drug-likeness (QED) is 0.889. The third-order valence-electron chi connectivity index (χ3n) is 3.83. The van der Waals surface area contributed by atoms with Crippen LogP contribution in [0.15, 0.2) is 24.3 Å². The van der Waals surface area contributed by atoms with E-state index in [1.807, 2.05) is 6.92 Å². The molecule has 2 rings (SSSR count). The Morgan fingerprint density at radius 1 is 0.944 bits per heavy atom. The number of rotatable bonds is 3. The number of nitrogens with zero attached hydrogens (tertiary/aromatic N) is 2. The van der Waals surface area contributed by atoms with E-state index >= 15 is 0 Å². The molecule has 0 amide bonds. The van der Waals surface area contributed by atoms with Crippen molar-refractivity contribution in [3.8, 4) is 0 Å². The zero-order chi connectivity index (χ0) is 13.1. The fourth-order valence-corrected chi connectivity index (χ4v) is 2.49. The second-order valence-corrected chi connectivity index (χ2v) is 5.50. The summed E-state index contributed by atoms with van der Waals surface area (Å²) in [7, 11) is 0. The maximum Gasteiger partial charge on any atom is 0.0367 e. The van der Waals surface area contributed by atoms with Crippen molar-refractivity contribution in [1.82, 2.24) is 4.90 Å². The molecule has 1 fully saturated rings. The Bertz CT molecular complexity index is 362. The second kappa shape index (κ2) is 5.72. The minimum absolute atomic E-state index is 0.122. The van der Waals surface area contributed by atoms with Crippen LogP contribution in [0.3, 0.4) is 0 Å². The number of hydrogen-bond donors (Lipinski definition) is 1. The maximum absolute atomic E-state index is 5.87. The summed E-state index contributed by atoms with van der Waals surface area (Å²) in [6.07, 6.45) is 0. The molecule has 0 aliphatic carbocycles. The van der Waals surface area contributed by atoms with Crippen LogP contribution >= 0.6 is 0 Å². The van der Waals surface area contributed by atoms with E-state index in [0.717, 1.165) is 26.2 Å². The van der Waals surface area contributed by atoms with Gasteiger partial charge in [0.25, 0.3) is 0 Å². The summed E-state index contributed by atoms with van der Waals surface area (Å²) < 4.78 is 0. The first-order chi connectivity index (χ1) is 8.58. The predicted octanol–water partition coefficient (Wildman–Crippen LogP) is 2.24. The predicted molar refractivity (Wildman–Crippen MR) is 78.0 cm³/mol. The minimum atomic E-state index is 0.122. The Hall–Kier alpha value is -1.06. The highest BCUT2D eigenvalue weighted by molar-refractivity contribution is 5.48. The average molecular weight is 247 g/mol. The molecule has 1 aromatic rings. The highest BCUT2D eigenvalue weighted by atomic mass is 15.3. The molecule has 18 heavy (non-hydrogen) atoms. The van der Waals surface area contributed by atoms with Gasteiger partial charge in [-0.25, -0.2) is 0 Å². The zero-order valence-corrected chi connectivity index (χ0v) is 11.8. The Morgan fingerprint density at radius 2 is 1.50 bits per heavy atom. The van der Waals surface area contributed by atoms with Gasteiger partial charge in [-0.15, -0.1) is 0 Å². The summed E-state index contributed by atoms with van der Waals surface area (Å²) in [5.74, 6) is 0. The van der Waals surface area contributed by atoms with Crippen molar-refractivity contribution in [1.29, 1.82) is 0 Å². The summed E-state index contributed by atoms with van der Waals surface area (Å²) in [4.78, 5) is 5.00. The highest BCUT2D eigenvalue weighted by Gasteiger charge is 2.18. The van der Waals surface area contributed by atoms with Crippen LogP contribution in [-0.2, 0) is 0 Å². The van der Waals surface area contributed by atoms with Crippen LogP contribution in [0.5, 0.6) is 0 Å². The first-order valence-corrected chi connectivity index (χ1v) is 6.92. The van der Waals surface area contributed by atoms with Crippen LogP contribution in [0, 0.1) is 0 Å². The van der Waals surface area contributed by atoms with E-state index in [1.54, 1.807) is 0 Å². The number of nitrogens with two attached hydrogens (primary N) is 1. The van der Waals surface area contributed by atoms with Crippen molar-refractivity contribution in [2.24, 2.45) is 5.73 Å². The van der Waals surface area contributed by atoms with E-state index < -0.39 is 0 Å². The number of benzene rings is 1. The Labute approximate surface area is 111 Å². The third-order valence-corrected chi connectivity index (χ3v) is 3.83. The molecular formula is C15H25N3. The molecular weight excluding hydrogens is 222 g/mol. The topological polar surface area (TPSA) is 32.5 Å². The standard InChI is InChI=1S/C15H25N3/c1-12(2)17-8-10-18(11-9-17)15-6-4-14(5-7-15)13(3)16/h4-7,12-13H,8-11,16H2,1-3H3/t13-/m0/s1. The van der Waals surface area contributed by atoms with Gasteiger partial charge < -0.3 is 10.6 Å². The Kier molecular flexibility index (Phi) is 4.25. The van der Waals surface area contributed by atoms with Crippen molar-refractivity contribution in [2.75, 3.05) is 31.1 Å². The molecule has 100 valence electrons. The lowest BCUT2D eigenvalue weighted by Crippen LogP contribution is -2.48. The van der Waals surface area contributed by atoms with Crippen molar-refractivity contribution in [3.63, 3.8) is 0 Å². The fraction of sp³-hybridized carbons (Fsp3) is 0.600. The van der Waals surface area contributed by atoms with Gasteiger partial charge in [0.2, 0.25) is 0 Å². The molecule has 1 aliphatic rings. The molecule has 3 heteroatoms. The molecule has 2 N–H and O–H groups in total. The Morgan fingerprint density at radius 3 is 1.94 bits per heavy atom. The van der Waals surface area contributed by atoms with Gasteiger partial charge in [-0.1, -0.05) is 12.1 Å². The lowest BCUT2D eigenvalue weighted by molar-refractivity contribution is 0.209. The highest BCUT2D eigenvalue weighted by Crippen LogP contribution is 2.20. The first-order valence-electron chi connectivity index (χ1n) is 6.92. The smallest absolute Gasteiger partial charge is 0.0367 e. The van der Waals surface area contributed by atoms with Crippen LogP contribution in [0.4, 0.5) is 5.69 Å². The lowest BCUT2D eigenvalue weighted by Gasteiger charge is -2.38. The zero-order valence-electron chi connectivity index (χ0n) is 11.8. The van der Waals surface area contributed by atoms with Crippen molar-refractivity contribution in [3.05, 3.63) is 29.8 Å². The van der Waals surface area contributed by atoms with E-state index in [4.69, 9.17) is 5.73 Å². The molecule has 1 saturated heterocycles. The van der Waals surface area contributed by atoms with Gasteiger partial charge in [0.05, 0.1) is 0 Å². The van der Waals surface area contributed by atoms with Crippen molar-refractivity contribution in [2.45, 2.75) is 32.9 Å². The molecule has 0 bridgehead atoms. The maximum atomic E-state index is 5.87. The number of anilines is 1. The molecule has 0 spiro atoms. The van der Waals surface area contributed by atoms with Crippen LogP contribution in [-0.4, -0.2) is 37.1 Å². The van der Waals surface area contributed by atoms with Gasteiger partial charge >= 0.3 is 0 Å². The fourth-order valence-electron chi connectivity index (χ4n) is 2.49. The van der Waals surface area contributed by atoms with E-state index in [9.17, 15) is 0 Å². The largest absolute Gasteiger partial charge is 0.369 e. The van der Waals surface area contributed by atoms with Crippen LogP contribution in [0.2, 0.25) is 0 Å². The molecule has 3 nitrogen and oxygen atoms in total. The monoisotopic (exact) mass is 247 g/mol. The van der Waals surface area contributed by atoms with Gasteiger partial charge in [-0.3, -0.25) is 4.90 Å². The molecule has 0 aromatic heterocycles. The summed E-state index contributed by atoms with van der Waals surface area (Å²) in [6.45, 7) is 11.1. The molecule has 1 aliphatic heterocycles. The first kappa shape index (κ1) is 13.4. The van der Waals surface area contributed by atoms with Crippen molar-refractivity contribution < 1.29 is 0 Å². The van der Waals surface area contributed by atoms with Crippen LogP contribution < -0.4 is 10.6 Å². The Balaban J connectivity index is 1.97. The average Bonchev–Trinajstić information content (AvgIpc) is 2.39. The number of hydrogen-bond acceptors (Lipinski definition) is 3. The minimum Gasteiger partial charge on any atom is -0.369 e.